The van der Waals surface area contributed by atoms with E-state index in [1.807, 2.05) is 0 Å². The summed E-state index contributed by atoms with van der Waals surface area (Å²) in [5.41, 5.74) is 0.237. The highest BCUT2D eigenvalue weighted by Crippen LogP contribution is 2.26. The van der Waals surface area contributed by atoms with Gasteiger partial charge >= 0.3 is 0 Å². The van der Waals surface area contributed by atoms with Gasteiger partial charge < -0.3 is 4.79 Å². The van der Waals surface area contributed by atoms with Gasteiger partial charge in [-0.15, -0.1) is 0 Å². The molecule has 15 heavy (non-hydrogen) atoms. The Balaban J connectivity index is 3.12. The lowest BCUT2D eigenvalue weighted by Crippen LogP contribution is -1.98. The van der Waals surface area contributed by atoms with Crippen molar-refractivity contribution in [3.05, 3.63) is 10.7 Å². The van der Waals surface area contributed by atoms with E-state index in [-0.39, 0.29) is 16.5 Å². The second-order valence-electron chi connectivity index (χ2n) is 2.32. The van der Waals surface area contributed by atoms with E-state index >= 15 is 0 Å². The van der Waals surface area contributed by atoms with Crippen molar-refractivity contribution in [1.29, 1.82) is 0 Å². The molecule has 0 N–H and O–H groups in total. The van der Waals surface area contributed by atoms with Gasteiger partial charge in [-0.1, -0.05) is 35.1 Å². The van der Waals surface area contributed by atoms with E-state index in [9.17, 15) is 9.59 Å². The Morgan fingerprint density at radius 3 is 2.67 bits per heavy atom. The summed E-state index contributed by atoms with van der Waals surface area (Å²) in [6.07, 6.45) is 3.15. The number of halogens is 1. The van der Waals surface area contributed by atoms with Crippen LogP contribution in [0.15, 0.2) is 10.2 Å². The fraction of sp³-hybridized carbons (Fsp3) is 0.250. The molecule has 0 fully saturated rings. The predicted molar refractivity (Wildman–Crippen MR) is 61.0 cm³/mol. The predicted octanol–water partition coefficient (Wildman–Crippen LogP) is 1.96. The van der Waals surface area contributed by atoms with Crippen molar-refractivity contribution in [1.82, 2.24) is 9.97 Å². The number of carbonyl (C=O) groups excluding carboxylic acids is 2. The van der Waals surface area contributed by atoms with E-state index in [1.165, 1.54) is 23.5 Å². The Bertz CT molecular complexity index is 387. The van der Waals surface area contributed by atoms with Crippen LogP contribution < -0.4 is 0 Å². The van der Waals surface area contributed by atoms with Crippen LogP contribution in [-0.4, -0.2) is 34.5 Å². The van der Waals surface area contributed by atoms with Crippen LogP contribution in [0.1, 0.15) is 10.4 Å². The number of aromatic nitrogens is 2. The second kappa shape index (κ2) is 6.09. The first-order chi connectivity index (χ1) is 7.22. The molecule has 0 aliphatic rings. The van der Waals surface area contributed by atoms with Gasteiger partial charge in [0.05, 0.1) is 11.3 Å². The van der Waals surface area contributed by atoms with Gasteiger partial charge in [0.1, 0.15) is 16.5 Å². The molecule has 0 unspecified atom stereocenters. The van der Waals surface area contributed by atoms with Crippen LogP contribution in [-0.2, 0) is 4.79 Å². The molecule has 80 valence electrons. The minimum absolute atomic E-state index is 0.123. The van der Waals surface area contributed by atoms with Gasteiger partial charge in [0.2, 0.25) is 0 Å². The molecule has 0 bridgehead atoms. The minimum Gasteiger partial charge on any atom is -0.302 e. The van der Waals surface area contributed by atoms with Gasteiger partial charge in [-0.25, -0.2) is 9.97 Å². The normalized spacial score (nSPS) is 10.0. The first kappa shape index (κ1) is 12.5. The molecule has 7 heteroatoms. The third-order valence-electron chi connectivity index (χ3n) is 1.43. The van der Waals surface area contributed by atoms with E-state index in [2.05, 4.69) is 9.97 Å². The zero-order valence-electron chi connectivity index (χ0n) is 7.77. The molecule has 0 radical (unpaired) electrons. The number of rotatable bonds is 5. The molecule has 0 aliphatic heterocycles. The van der Waals surface area contributed by atoms with Crippen molar-refractivity contribution < 1.29 is 9.59 Å². The molecule has 1 rings (SSSR count). The Kier molecular flexibility index (Phi) is 5.07. The van der Waals surface area contributed by atoms with Crippen LogP contribution in [0.3, 0.4) is 0 Å². The molecule has 1 aromatic rings. The summed E-state index contributed by atoms with van der Waals surface area (Å²) >= 11 is 8.29. The molecule has 0 saturated carbocycles. The maximum Gasteiger partial charge on any atom is 0.189 e. The third-order valence-corrected chi connectivity index (χ3v) is 3.16. The maximum atomic E-state index is 10.7. The van der Waals surface area contributed by atoms with Crippen molar-refractivity contribution >= 4 is 47.7 Å². The molecule has 0 spiro atoms. The second-order valence-corrected chi connectivity index (χ2v) is 4.46. The smallest absolute Gasteiger partial charge is 0.189 e. The molecule has 1 aromatic heterocycles. The summed E-state index contributed by atoms with van der Waals surface area (Å²) < 4.78 is 0. The summed E-state index contributed by atoms with van der Waals surface area (Å²) in [6.45, 7) is 0. The van der Waals surface area contributed by atoms with Gasteiger partial charge in [0.25, 0.3) is 0 Å². The van der Waals surface area contributed by atoms with Crippen LogP contribution in [0.2, 0.25) is 5.15 Å². The topological polar surface area (TPSA) is 59.9 Å². The first-order valence-corrected chi connectivity index (χ1v) is 6.45. The van der Waals surface area contributed by atoms with Gasteiger partial charge in [-0.3, -0.25) is 4.79 Å². The Morgan fingerprint density at radius 2 is 2.13 bits per heavy atom. The average molecular weight is 263 g/mol. The van der Waals surface area contributed by atoms with Crippen molar-refractivity contribution in [3.63, 3.8) is 0 Å². The van der Waals surface area contributed by atoms with E-state index < -0.39 is 0 Å². The lowest BCUT2D eigenvalue weighted by Gasteiger charge is -2.04. The number of thioether (sulfide) groups is 2. The number of aldehydes is 2. The lowest BCUT2D eigenvalue weighted by atomic mass is 10.4. The van der Waals surface area contributed by atoms with Crippen LogP contribution in [0.5, 0.6) is 0 Å². The largest absolute Gasteiger partial charge is 0.302 e. The van der Waals surface area contributed by atoms with E-state index in [1.54, 1.807) is 6.26 Å². The summed E-state index contributed by atoms with van der Waals surface area (Å²) in [5.74, 6) is 0.238. The van der Waals surface area contributed by atoms with Gasteiger partial charge in [-0.05, 0) is 6.26 Å². The lowest BCUT2D eigenvalue weighted by molar-refractivity contribution is -0.105. The van der Waals surface area contributed by atoms with Crippen molar-refractivity contribution in [2.24, 2.45) is 0 Å². The summed E-state index contributed by atoms with van der Waals surface area (Å²) in [5, 5.41) is 1.05. The summed E-state index contributed by atoms with van der Waals surface area (Å²) in [7, 11) is 0. The summed E-state index contributed by atoms with van der Waals surface area (Å²) in [6, 6.07) is 0. The van der Waals surface area contributed by atoms with Gasteiger partial charge in [0, 0.05) is 0 Å². The van der Waals surface area contributed by atoms with Crippen LogP contribution in [0, 0.1) is 0 Å². The monoisotopic (exact) mass is 262 g/mol. The van der Waals surface area contributed by atoms with Crippen LogP contribution in [0.25, 0.3) is 0 Å². The SMILES string of the molecule is CSc1nc(Cl)c(C=O)c(SCC=O)n1. The van der Waals surface area contributed by atoms with Gasteiger partial charge in [-0.2, -0.15) is 0 Å². The van der Waals surface area contributed by atoms with Crippen LogP contribution >= 0.6 is 35.1 Å². The zero-order valence-corrected chi connectivity index (χ0v) is 10.2. The van der Waals surface area contributed by atoms with Crippen molar-refractivity contribution in [2.75, 3.05) is 12.0 Å². The quantitative estimate of drug-likeness (QED) is 0.350. The molecule has 0 aliphatic carbocycles. The van der Waals surface area contributed by atoms with Crippen molar-refractivity contribution in [3.8, 4) is 0 Å². The molecular formula is C8H7ClN2O2S2. The highest BCUT2D eigenvalue weighted by Gasteiger charge is 2.12. The fourth-order valence-corrected chi connectivity index (χ4v) is 2.24. The van der Waals surface area contributed by atoms with E-state index in [4.69, 9.17) is 11.6 Å². The molecule has 0 atom stereocenters. The van der Waals surface area contributed by atoms with Gasteiger partial charge in [0.15, 0.2) is 11.4 Å². The number of hydrogen-bond acceptors (Lipinski definition) is 6. The highest BCUT2D eigenvalue weighted by molar-refractivity contribution is 8.00. The van der Waals surface area contributed by atoms with Crippen molar-refractivity contribution in [2.45, 2.75) is 10.2 Å². The Hall–Kier alpha value is -0.590. The standard InChI is InChI=1S/C8H7ClN2O2S2/c1-14-8-10-6(9)5(4-13)7(11-8)15-3-2-12/h2,4H,3H2,1H3. The van der Waals surface area contributed by atoms with Crippen LogP contribution in [0.4, 0.5) is 0 Å². The average Bonchev–Trinajstić information content (AvgIpc) is 2.25. The molecule has 0 saturated heterocycles. The fourth-order valence-electron chi connectivity index (χ4n) is 0.818. The molecule has 4 nitrogen and oxygen atoms in total. The third kappa shape index (κ3) is 3.19. The number of nitrogens with zero attached hydrogens (tertiary/aromatic N) is 2. The molecule has 0 aromatic carbocycles. The van der Waals surface area contributed by atoms with E-state index in [0.717, 1.165) is 6.29 Å². The minimum atomic E-state index is 0.123. The molecular weight excluding hydrogens is 256 g/mol. The molecule has 0 amide bonds. The number of carbonyl (C=O) groups is 2. The zero-order chi connectivity index (χ0) is 11.3. The molecule has 1 heterocycles. The van der Waals surface area contributed by atoms with E-state index in [0.29, 0.717) is 16.5 Å². The summed E-state index contributed by atoms with van der Waals surface area (Å²) in [4.78, 5) is 29.0. The number of hydrogen-bond donors (Lipinski definition) is 0. The Morgan fingerprint density at radius 1 is 1.40 bits per heavy atom. The maximum absolute atomic E-state index is 10.7. The first-order valence-electron chi connectivity index (χ1n) is 3.86. The highest BCUT2D eigenvalue weighted by atomic mass is 35.5. The Labute approximate surface area is 100 Å².